The average Bonchev–Trinajstić information content (AvgIpc) is 2.37. The lowest BCUT2D eigenvalue weighted by Gasteiger charge is -2.18. The van der Waals surface area contributed by atoms with E-state index in [9.17, 15) is 4.79 Å². The number of hydrogen-bond acceptors (Lipinski definition) is 4. The quantitative estimate of drug-likeness (QED) is 0.802. The lowest BCUT2D eigenvalue weighted by atomic mass is 10.2. The average molecular weight is 333 g/mol. The summed E-state index contributed by atoms with van der Waals surface area (Å²) >= 11 is 3.31. The zero-order chi connectivity index (χ0) is 14.4. The summed E-state index contributed by atoms with van der Waals surface area (Å²) in [7, 11) is 0. The molecule has 0 fully saturated rings. The molecule has 0 saturated carbocycles. The molecule has 0 aromatic heterocycles. The second-order valence-electron chi connectivity index (χ2n) is 3.85. The van der Waals surface area contributed by atoms with Crippen molar-refractivity contribution in [3.63, 3.8) is 0 Å². The largest absolute Gasteiger partial charge is 0.490 e. The van der Waals surface area contributed by atoms with Gasteiger partial charge in [0.1, 0.15) is 0 Å². The maximum absolute atomic E-state index is 11.0. The van der Waals surface area contributed by atoms with Gasteiger partial charge in [-0.25, -0.2) is 4.79 Å². The number of ether oxygens (including phenoxy) is 2. The first kappa shape index (κ1) is 15.8. The minimum Gasteiger partial charge on any atom is -0.490 e. The Hall–Kier alpha value is -1.27. The van der Waals surface area contributed by atoms with Gasteiger partial charge in [-0.1, -0.05) is 6.92 Å². The Morgan fingerprint density at radius 2 is 2.11 bits per heavy atom. The number of carbonyl (C=O) groups is 1. The molecule has 1 rings (SSSR count). The third-order valence-electron chi connectivity index (χ3n) is 2.46. The highest BCUT2D eigenvalue weighted by Crippen LogP contribution is 2.37. The lowest BCUT2D eigenvalue weighted by molar-refractivity contribution is -0.145. The number of rotatable bonds is 7. The van der Waals surface area contributed by atoms with Gasteiger partial charge >= 0.3 is 5.97 Å². The van der Waals surface area contributed by atoms with Crippen molar-refractivity contribution in [2.45, 2.75) is 33.0 Å². The number of carboxylic acids is 1. The van der Waals surface area contributed by atoms with E-state index in [0.717, 1.165) is 0 Å². The van der Waals surface area contributed by atoms with Crippen molar-refractivity contribution in [2.24, 2.45) is 0 Å². The fourth-order valence-electron chi connectivity index (χ4n) is 1.54. The van der Waals surface area contributed by atoms with Crippen LogP contribution in [-0.2, 0) is 11.4 Å². The first-order chi connectivity index (χ1) is 9.03. The Kier molecular flexibility index (Phi) is 6.11. The van der Waals surface area contributed by atoms with E-state index in [1.165, 1.54) is 0 Å². The monoisotopic (exact) mass is 332 g/mol. The molecule has 106 valence electrons. The van der Waals surface area contributed by atoms with Crippen LogP contribution in [0.4, 0.5) is 0 Å². The van der Waals surface area contributed by atoms with Gasteiger partial charge in [-0.2, -0.15) is 0 Å². The zero-order valence-electron chi connectivity index (χ0n) is 10.9. The highest BCUT2D eigenvalue weighted by molar-refractivity contribution is 9.10. The van der Waals surface area contributed by atoms with Crippen LogP contribution in [0.2, 0.25) is 0 Å². The molecule has 0 aliphatic rings. The summed E-state index contributed by atoms with van der Waals surface area (Å²) in [6, 6.07) is 3.31. The molecular weight excluding hydrogens is 316 g/mol. The van der Waals surface area contributed by atoms with E-state index < -0.39 is 12.1 Å². The van der Waals surface area contributed by atoms with Gasteiger partial charge in [0.15, 0.2) is 17.6 Å². The van der Waals surface area contributed by atoms with Gasteiger partial charge in [0, 0.05) is 0 Å². The van der Waals surface area contributed by atoms with Crippen LogP contribution in [0.15, 0.2) is 16.6 Å². The SMILES string of the molecule is CCOc1cc(CO)cc(Br)c1OC(CC)C(=O)O. The van der Waals surface area contributed by atoms with Gasteiger partial charge in [-0.05, 0) is 47.0 Å². The van der Waals surface area contributed by atoms with E-state index in [4.69, 9.17) is 19.7 Å². The molecule has 0 radical (unpaired) electrons. The number of aliphatic hydroxyl groups excluding tert-OH is 1. The Morgan fingerprint density at radius 3 is 2.58 bits per heavy atom. The Balaban J connectivity index is 3.13. The molecule has 1 aromatic carbocycles. The third kappa shape index (κ3) is 4.11. The minimum absolute atomic E-state index is 0.130. The van der Waals surface area contributed by atoms with E-state index in [1.807, 2.05) is 6.92 Å². The predicted octanol–water partition coefficient (Wildman–Crippen LogP) is 2.58. The maximum Gasteiger partial charge on any atom is 0.344 e. The van der Waals surface area contributed by atoms with Gasteiger partial charge in [-0.15, -0.1) is 0 Å². The normalized spacial score (nSPS) is 12.0. The zero-order valence-corrected chi connectivity index (χ0v) is 12.4. The summed E-state index contributed by atoms with van der Waals surface area (Å²) < 4.78 is 11.5. The molecule has 6 heteroatoms. The highest BCUT2D eigenvalue weighted by atomic mass is 79.9. The molecule has 1 atom stereocenters. The van der Waals surface area contributed by atoms with Crippen molar-refractivity contribution in [1.82, 2.24) is 0 Å². The van der Waals surface area contributed by atoms with Crippen molar-refractivity contribution in [2.75, 3.05) is 6.61 Å². The third-order valence-corrected chi connectivity index (χ3v) is 3.05. The van der Waals surface area contributed by atoms with Crippen LogP contribution < -0.4 is 9.47 Å². The molecule has 0 heterocycles. The van der Waals surface area contributed by atoms with Crippen LogP contribution in [0.5, 0.6) is 11.5 Å². The van der Waals surface area contributed by atoms with Crippen molar-refractivity contribution in [3.8, 4) is 11.5 Å². The Labute approximate surface area is 120 Å². The minimum atomic E-state index is -1.02. The summed E-state index contributed by atoms with van der Waals surface area (Å²) in [6.07, 6.45) is -0.592. The van der Waals surface area contributed by atoms with Gasteiger partial charge in [-0.3, -0.25) is 0 Å². The van der Waals surface area contributed by atoms with Crippen molar-refractivity contribution < 1.29 is 24.5 Å². The standard InChI is InChI=1S/C13H17BrO5/c1-3-10(13(16)17)19-12-9(14)5-8(7-15)6-11(12)18-4-2/h5-6,10,15H,3-4,7H2,1-2H3,(H,16,17). The molecule has 0 amide bonds. The summed E-state index contributed by atoms with van der Waals surface area (Å²) in [5, 5.41) is 18.2. The number of aliphatic hydroxyl groups is 1. The Morgan fingerprint density at radius 1 is 1.42 bits per heavy atom. The second kappa shape index (κ2) is 7.35. The van der Waals surface area contributed by atoms with Gasteiger partial charge in [0.05, 0.1) is 17.7 Å². The second-order valence-corrected chi connectivity index (χ2v) is 4.70. The fraction of sp³-hybridized carbons (Fsp3) is 0.462. The van der Waals surface area contributed by atoms with E-state index in [0.29, 0.717) is 34.6 Å². The lowest BCUT2D eigenvalue weighted by Crippen LogP contribution is -2.26. The first-order valence-electron chi connectivity index (χ1n) is 5.98. The summed E-state index contributed by atoms with van der Waals surface area (Å²) in [4.78, 5) is 11.0. The molecular formula is C13H17BrO5. The summed E-state index contributed by atoms with van der Waals surface area (Å²) in [5.74, 6) is -0.267. The van der Waals surface area contributed by atoms with Crippen LogP contribution >= 0.6 is 15.9 Å². The van der Waals surface area contributed by atoms with Gasteiger partial charge in [0.25, 0.3) is 0 Å². The molecule has 0 aliphatic heterocycles. The molecule has 0 spiro atoms. The van der Waals surface area contributed by atoms with Crippen molar-refractivity contribution >= 4 is 21.9 Å². The number of aliphatic carboxylic acids is 1. The maximum atomic E-state index is 11.0. The number of benzene rings is 1. The molecule has 0 aliphatic carbocycles. The molecule has 0 bridgehead atoms. The molecule has 5 nitrogen and oxygen atoms in total. The van der Waals surface area contributed by atoms with E-state index in [2.05, 4.69) is 15.9 Å². The first-order valence-corrected chi connectivity index (χ1v) is 6.78. The van der Waals surface area contributed by atoms with E-state index >= 15 is 0 Å². The van der Waals surface area contributed by atoms with Gasteiger partial charge in [0.2, 0.25) is 0 Å². The summed E-state index contributed by atoms with van der Waals surface area (Å²) in [5.41, 5.74) is 0.658. The fourth-order valence-corrected chi connectivity index (χ4v) is 2.12. The van der Waals surface area contributed by atoms with E-state index in [-0.39, 0.29) is 6.61 Å². The van der Waals surface area contributed by atoms with E-state index in [1.54, 1.807) is 19.1 Å². The van der Waals surface area contributed by atoms with Crippen molar-refractivity contribution in [1.29, 1.82) is 0 Å². The van der Waals surface area contributed by atoms with Crippen LogP contribution in [-0.4, -0.2) is 28.9 Å². The topological polar surface area (TPSA) is 76.0 Å². The number of hydrogen-bond donors (Lipinski definition) is 2. The summed E-state index contributed by atoms with van der Waals surface area (Å²) in [6.45, 7) is 3.84. The Bertz CT molecular complexity index is 447. The van der Waals surface area contributed by atoms with Crippen LogP contribution in [0, 0.1) is 0 Å². The molecule has 1 aromatic rings. The van der Waals surface area contributed by atoms with Crippen LogP contribution in [0.3, 0.4) is 0 Å². The van der Waals surface area contributed by atoms with Crippen LogP contribution in [0.25, 0.3) is 0 Å². The van der Waals surface area contributed by atoms with Crippen LogP contribution in [0.1, 0.15) is 25.8 Å². The molecule has 1 unspecified atom stereocenters. The number of carboxylic acid groups (broad SMARTS) is 1. The smallest absolute Gasteiger partial charge is 0.344 e. The molecule has 0 saturated heterocycles. The highest BCUT2D eigenvalue weighted by Gasteiger charge is 2.21. The molecule has 2 N–H and O–H groups in total. The van der Waals surface area contributed by atoms with Gasteiger partial charge < -0.3 is 19.7 Å². The number of halogens is 1. The predicted molar refractivity (Wildman–Crippen MR) is 73.6 cm³/mol. The molecule has 19 heavy (non-hydrogen) atoms. The van der Waals surface area contributed by atoms with Crippen molar-refractivity contribution in [3.05, 3.63) is 22.2 Å².